The van der Waals surface area contributed by atoms with Gasteiger partial charge in [-0.25, -0.2) is 10.4 Å². The topological polar surface area (TPSA) is 159 Å². The summed E-state index contributed by atoms with van der Waals surface area (Å²) >= 11 is 0. The quantitative estimate of drug-likeness (QED) is 0.0456. The largest absolute Gasteiger partial charge is 0.497 e. The first-order chi connectivity index (χ1) is 23.5. The minimum atomic E-state index is -1.51. The molecule has 248 valence electrons. The SMILES string of the molecule is COc1ccc(OC)c(CCNNC(=O)[C@@]2(Cc3ccccc3N=[N+]=[N-])N=C(c3ccc(OCCCO)cc3)O[C@H]2c2ccccc2)c1. The summed E-state index contributed by atoms with van der Waals surface area (Å²) in [5.74, 6) is 1.90. The van der Waals surface area contributed by atoms with Gasteiger partial charge < -0.3 is 24.1 Å². The van der Waals surface area contributed by atoms with Gasteiger partial charge in [0.25, 0.3) is 5.91 Å². The van der Waals surface area contributed by atoms with Gasteiger partial charge in [-0.15, -0.1) is 0 Å². The molecule has 2 atom stereocenters. The number of aliphatic hydroxyl groups excluding tert-OH is 1. The predicted octanol–water partition coefficient (Wildman–Crippen LogP) is 5.77. The fourth-order valence-corrected chi connectivity index (χ4v) is 5.53. The van der Waals surface area contributed by atoms with Gasteiger partial charge in [0.05, 0.1) is 20.8 Å². The maximum Gasteiger partial charge on any atom is 0.266 e. The number of hydrogen-bond acceptors (Lipinski definition) is 9. The van der Waals surface area contributed by atoms with E-state index in [1.54, 1.807) is 38.5 Å². The third-order valence-corrected chi connectivity index (χ3v) is 7.95. The number of hydrazine groups is 1. The van der Waals surface area contributed by atoms with Crippen molar-refractivity contribution in [3.05, 3.63) is 130 Å². The van der Waals surface area contributed by atoms with Crippen molar-refractivity contribution in [2.45, 2.75) is 30.9 Å². The molecule has 0 aliphatic carbocycles. The number of aliphatic imine (C=N–C) groups is 1. The first-order valence-corrected chi connectivity index (χ1v) is 15.5. The summed E-state index contributed by atoms with van der Waals surface area (Å²) in [6, 6.07) is 29.3. The van der Waals surface area contributed by atoms with E-state index in [1.807, 2.05) is 72.8 Å². The summed E-state index contributed by atoms with van der Waals surface area (Å²) < 4.78 is 23.1. The highest BCUT2D eigenvalue weighted by Gasteiger charge is 2.53. The van der Waals surface area contributed by atoms with Crippen molar-refractivity contribution in [3.8, 4) is 17.2 Å². The number of rotatable bonds is 16. The molecular formula is C36H38N6O6. The lowest BCUT2D eigenvalue weighted by molar-refractivity contribution is -0.130. The second kappa shape index (κ2) is 16.3. The minimum absolute atomic E-state index is 0.0423. The van der Waals surface area contributed by atoms with Crippen molar-refractivity contribution < 1.29 is 28.8 Å². The van der Waals surface area contributed by atoms with E-state index in [1.165, 1.54) is 0 Å². The van der Waals surface area contributed by atoms with Crippen LogP contribution < -0.4 is 25.1 Å². The average Bonchev–Trinajstić information content (AvgIpc) is 3.52. The Morgan fingerprint density at radius 3 is 2.46 bits per heavy atom. The van der Waals surface area contributed by atoms with Gasteiger partial charge in [-0.2, -0.15) is 0 Å². The van der Waals surface area contributed by atoms with Crippen LogP contribution >= 0.6 is 0 Å². The summed E-state index contributed by atoms with van der Waals surface area (Å²) in [6.07, 6.45) is 0.304. The van der Waals surface area contributed by atoms with Crippen LogP contribution in [0.15, 0.2) is 107 Å². The molecule has 0 aromatic heterocycles. The van der Waals surface area contributed by atoms with Gasteiger partial charge >= 0.3 is 0 Å². The van der Waals surface area contributed by atoms with E-state index in [0.717, 1.165) is 11.1 Å². The zero-order valence-electron chi connectivity index (χ0n) is 26.8. The highest BCUT2D eigenvalue weighted by Crippen LogP contribution is 2.43. The molecular weight excluding hydrogens is 612 g/mol. The molecule has 0 spiro atoms. The van der Waals surface area contributed by atoms with E-state index < -0.39 is 17.6 Å². The third kappa shape index (κ3) is 7.87. The van der Waals surface area contributed by atoms with Crippen LogP contribution in [0, 0.1) is 0 Å². The lowest BCUT2D eigenvalue weighted by Gasteiger charge is -2.31. The predicted molar refractivity (Wildman–Crippen MR) is 182 cm³/mol. The van der Waals surface area contributed by atoms with Crippen LogP contribution in [0.5, 0.6) is 17.2 Å². The van der Waals surface area contributed by atoms with Gasteiger partial charge in [-0.05, 0) is 71.1 Å². The fraction of sp³-hybridized carbons (Fsp3) is 0.278. The van der Waals surface area contributed by atoms with Crippen molar-refractivity contribution in [1.82, 2.24) is 10.9 Å². The van der Waals surface area contributed by atoms with E-state index >= 15 is 0 Å². The number of nitrogens with zero attached hydrogens (tertiary/aromatic N) is 4. The highest BCUT2D eigenvalue weighted by molar-refractivity contribution is 6.01. The molecule has 0 radical (unpaired) electrons. The van der Waals surface area contributed by atoms with Crippen molar-refractivity contribution in [1.29, 1.82) is 0 Å². The number of carbonyl (C=O) groups is 1. The monoisotopic (exact) mass is 650 g/mol. The summed E-state index contributed by atoms with van der Waals surface area (Å²) in [6.45, 7) is 0.807. The molecule has 0 bridgehead atoms. The van der Waals surface area contributed by atoms with Crippen molar-refractivity contribution in [2.24, 2.45) is 10.1 Å². The molecule has 0 saturated heterocycles. The smallest absolute Gasteiger partial charge is 0.266 e. The zero-order valence-corrected chi connectivity index (χ0v) is 26.8. The molecule has 5 rings (SSSR count). The molecule has 3 N–H and O–H groups in total. The third-order valence-electron chi connectivity index (χ3n) is 7.95. The van der Waals surface area contributed by atoms with E-state index in [0.29, 0.717) is 60.1 Å². The number of azide groups is 1. The van der Waals surface area contributed by atoms with Gasteiger partial charge in [0.2, 0.25) is 5.90 Å². The van der Waals surface area contributed by atoms with Gasteiger partial charge in [0, 0.05) is 42.2 Å². The van der Waals surface area contributed by atoms with Crippen LogP contribution in [0.4, 0.5) is 5.69 Å². The average molecular weight is 651 g/mol. The number of benzene rings is 4. The number of ether oxygens (including phenoxy) is 4. The van der Waals surface area contributed by atoms with Crippen LogP contribution in [0.1, 0.15) is 34.8 Å². The van der Waals surface area contributed by atoms with Crippen molar-refractivity contribution >= 4 is 17.5 Å². The summed E-state index contributed by atoms with van der Waals surface area (Å²) in [4.78, 5) is 22.5. The second-order valence-corrected chi connectivity index (χ2v) is 11.0. The molecule has 4 aromatic carbocycles. The molecule has 0 unspecified atom stereocenters. The van der Waals surface area contributed by atoms with E-state index in [4.69, 9.17) is 29.0 Å². The molecule has 0 saturated carbocycles. The molecule has 1 aliphatic heterocycles. The molecule has 1 heterocycles. The van der Waals surface area contributed by atoms with Gasteiger partial charge in [-0.1, -0.05) is 59.7 Å². The standard InChI is InChI=1S/C36H38N6O6/c1-45-30-17-18-32(46-2)27(23-30)19-20-38-41-35(44)36(24-28-11-6-7-12-31(28)40-42-37)33(25-9-4-3-5-10-25)48-34(39-36)26-13-15-29(16-14-26)47-22-8-21-43/h3-7,9-18,23,33,38,43H,8,19-22,24H2,1-2H3,(H,41,44)/t33-,36-/m0/s1. The normalized spacial score (nSPS) is 16.6. The number of hydrogen-bond donors (Lipinski definition) is 3. The fourth-order valence-electron chi connectivity index (χ4n) is 5.53. The number of methoxy groups -OCH3 is 2. The van der Waals surface area contributed by atoms with Crippen molar-refractivity contribution in [2.75, 3.05) is 34.0 Å². The Bertz CT molecular complexity index is 1760. The Morgan fingerprint density at radius 1 is 0.979 bits per heavy atom. The molecule has 12 nitrogen and oxygen atoms in total. The Morgan fingerprint density at radius 2 is 1.73 bits per heavy atom. The first-order valence-electron chi connectivity index (χ1n) is 15.5. The summed E-state index contributed by atoms with van der Waals surface area (Å²) in [7, 11) is 3.21. The number of carbonyl (C=O) groups excluding carboxylic acids is 1. The van der Waals surface area contributed by atoms with Crippen LogP contribution in [0.2, 0.25) is 0 Å². The lowest BCUT2D eigenvalue weighted by atomic mass is 9.81. The lowest BCUT2D eigenvalue weighted by Crippen LogP contribution is -2.54. The van der Waals surface area contributed by atoms with Gasteiger partial charge in [0.15, 0.2) is 11.6 Å². The number of nitrogens with one attached hydrogen (secondary N) is 2. The number of aliphatic hydroxyl groups is 1. The maximum absolute atomic E-state index is 14.5. The zero-order chi connectivity index (χ0) is 33.8. The Hall–Kier alpha value is -5.55. The molecule has 1 aliphatic rings. The molecule has 0 fully saturated rings. The van der Waals surface area contributed by atoms with E-state index in [9.17, 15) is 10.3 Å². The molecule has 48 heavy (non-hydrogen) atoms. The maximum atomic E-state index is 14.5. The molecule has 12 heteroatoms. The summed E-state index contributed by atoms with van der Waals surface area (Å²) in [5, 5.41) is 13.0. The Kier molecular flexibility index (Phi) is 11.5. The number of amides is 1. The molecule has 1 amide bonds. The second-order valence-electron chi connectivity index (χ2n) is 11.0. The van der Waals surface area contributed by atoms with Crippen LogP contribution in [0.3, 0.4) is 0 Å². The Labute approximate surface area is 278 Å². The van der Waals surface area contributed by atoms with Gasteiger partial charge in [-0.3, -0.25) is 10.2 Å². The van der Waals surface area contributed by atoms with E-state index in [-0.39, 0.29) is 18.9 Å². The van der Waals surface area contributed by atoms with Gasteiger partial charge in [0.1, 0.15) is 17.2 Å². The van der Waals surface area contributed by atoms with Crippen LogP contribution in [-0.4, -0.2) is 56.4 Å². The van der Waals surface area contributed by atoms with Crippen LogP contribution in [-0.2, 0) is 22.4 Å². The summed E-state index contributed by atoms with van der Waals surface area (Å²) in [5.41, 5.74) is 17.1. The Balaban J connectivity index is 1.49. The minimum Gasteiger partial charge on any atom is -0.497 e. The highest BCUT2D eigenvalue weighted by atomic mass is 16.5. The van der Waals surface area contributed by atoms with E-state index in [2.05, 4.69) is 20.9 Å². The molecule has 4 aromatic rings. The van der Waals surface area contributed by atoms with Crippen molar-refractivity contribution in [3.63, 3.8) is 0 Å². The first kappa shape index (κ1) is 33.8. The van der Waals surface area contributed by atoms with Crippen LogP contribution in [0.25, 0.3) is 10.4 Å².